The number of carbonyl (C=O) groups excluding carboxylic acids is 3. The van der Waals surface area contributed by atoms with Crippen molar-refractivity contribution in [3.8, 4) is 0 Å². The third-order valence-corrected chi connectivity index (χ3v) is 6.02. The summed E-state index contributed by atoms with van der Waals surface area (Å²) in [4.78, 5) is 41.0. The number of nitrogens with two attached hydrogens (primary N) is 1. The number of nitrogens with one attached hydrogen (secondary N) is 2. The lowest BCUT2D eigenvalue weighted by atomic mass is 10.1. The fourth-order valence-corrected chi connectivity index (χ4v) is 3.88. The average molecular weight is 530 g/mol. The van der Waals surface area contributed by atoms with Gasteiger partial charge in [0.1, 0.15) is 18.5 Å². The predicted molar refractivity (Wildman–Crippen MR) is 145 cm³/mol. The Morgan fingerprint density at radius 1 is 0.923 bits per heavy atom. The zero-order valence-electron chi connectivity index (χ0n) is 21.4. The Bertz CT molecular complexity index is 1280. The maximum absolute atomic E-state index is 12.7. The summed E-state index contributed by atoms with van der Waals surface area (Å²) in [5.74, 6) is -0.541. The van der Waals surface area contributed by atoms with E-state index >= 15 is 0 Å². The van der Waals surface area contributed by atoms with Crippen LogP contribution in [0.1, 0.15) is 28.7 Å². The van der Waals surface area contributed by atoms with E-state index in [1.165, 1.54) is 5.01 Å². The summed E-state index contributed by atoms with van der Waals surface area (Å²) in [7, 11) is 0. The smallest absolute Gasteiger partial charge is 0.435 e. The number of hydrogen-bond donors (Lipinski definition) is 3. The minimum Gasteiger partial charge on any atom is -0.443 e. The molecule has 0 aliphatic carbocycles. The third-order valence-electron chi connectivity index (χ3n) is 6.02. The first-order valence-electron chi connectivity index (χ1n) is 12.6. The van der Waals surface area contributed by atoms with E-state index in [4.69, 9.17) is 15.2 Å². The van der Waals surface area contributed by atoms with Gasteiger partial charge >= 0.3 is 6.09 Å². The second kappa shape index (κ2) is 13.8. The van der Waals surface area contributed by atoms with E-state index in [-0.39, 0.29) is 37.2 Å². The second-order valence-corrected chi connectivity index (χ2v) is 8.88. The van der Waals surface area contributed by atoms with Crippen LogP contribution in [0.2, 0.25) is 0 Å². The number of morpholine rings is 1. The van der Waals surface area contributed by atoms with Crippen molar-refractivity contribution < 1.29 is 23.9 Å². The highest BCUT2D eigenvalue weighted by molar-refractivity contribution is 6.02. The van der Waals surface area contributed by atoms with Gasteiger partial charge in [0.2, 0.25) is 5.91 Å². The van der Waals surface area contributed by atoms with Gasteiger partial charge in [-0.2, -0.15) is 4.99 Å². The number of amidine groups is 1. The van der Waals surface area contributed by atoms with Crippen LogP contribution in [0.5, 0.6) is 0 Å². The summed E-state index contributed by atoms with van der Waals surface area (Å²) in [6.45, 7) is 1.62. The molecule has 1 fully saturated rings. The number of hydrazine groups is 1. The maximum atomic E-state index is 12.7. The fourth-order valence-electron chi connectivity index (χ4n) is 3.88. The fraction of sp³-hybridized carbons (Fsp3) is 0.241. The first-order chi connectivity index (χ1) is 19.0. The Hall–Kier alpha value is -4.54. The molecule has 0 spiro atoms. The van der Waals surface area contributed by atoms with Gasteiger partial charge in [-0.05, 0) is 16.7 Å². The molecule has 39 heavy (non-hydrogen) atoms. The molecule has 1 saturated heterocycles. The van der Waals surface area contributed by atoms with E-state index in [0.717, 1.165) is 16.7 Å². The quantitative estimate of drug-likeness (QED) is 0.271. The summed E-state index contributed by atoms with van der Waals surface area (Å²) < 4.78 is 10.7. The van der Waals surface area contributed by atoms with E-state index in [1.54, 1.807) is 24.3 Å². The second-order valence-electron chi connectivity index (χ2n) is 8.88. The van der Waals surface area contributed by atoms with Crippen LogP contribution in [0.15, 0.2) is 89.9 Å². The lowest BCUT2D eigenvalue weighted by molar-refractivity contribution is -0.160. The number of hydrogen-bond acceptors (Lipinski definition) is 6. The average Bonchev–Trinajstić information content (AvgIpc) is 2.97. The van der Waals surface area contributed by atoms with Crippen LogP contribution in [0.3, 0.4) is 0 Å². The summed E-state index contributed by atoms with van der Waals surface area (Å²) in [5.41, 5.74) is 12.3. The van der Waals surface area contributed by atoms with Gasteiger partial charge in [-0.15, -0.1) is 0 Å². The van der Waals surface area contributed by atoms with Crippen LogP contribution < -0.4 is 16.5 Å². The van der Waals surface area contributed by atoms with Crippen LogP contribution in [0, 0.1) is 0 Å². The van der Waals surface area contributed by atoms with Gasteiger partial charge in [0.05, 0.1) is 19.6 Å². The molecule has 1 atom stereocenters. The molecule has 202 valence electrons. The minimum absolute atomic E-state index is 0.0297. The Morgan fingerprint density at radius 3 is 2.26 bits per heavy atom. The molecule has 4 rings (SSSR count). The van der Waals surface area contributed by atoms with Gasteiger partial charge in [-0.1, -0.05) is 84.9 Å². The van der Waals surface area contributed by atoms with E-state index < -0.39 is 12.2 Å². The number of amides is 3. The Morgan fingerprint density at radius 2 is 1.56 bits per heavy atom. The zero-order chi connectivity index (χ0) is 27.5. The monoisotopic (exact) mass is 529 g/mol. The number of carbonyl (C=O) groups is 3. The number of benzene rings is 3. The Kier molecular flexibility index (Phi) is 9.76. The Balaban J connectivity index is 1.21. The minimum atomic E-state index is -0.845. The van der Waals surface area contributed by atoms with Crippen LogP contribution >= 0.6 is 0 Å². The molecule has 0 aromatic heterocycles. The van der Waals surface area contributed by atoms with Gasteiger partial charge in [-0.25, -0.2) is 10.2 Å². The van der Waals surface area contributed by atoms with Gasteiger partial charge in [0, 0.05) is 18.7 Å². The number of aliphatic imine (C=N–C) groups is 1. The van der Waals surface area contributed by atoms with Gasteiger partial charge in [0.15, 0.2) is 0 Å². The maximum Gasteiger partial charge on any atom is 0.435 e. The van der Waals surface area contributed by atoms with Crippen molar-refractivity contribution in [2.75, 3.05) is 13.2 Å². The van der Waals surface area contributed by atoms with Crippen molar-refractivity contribution in [2.45, 2.75) is 32.2 Å². The normalized spacial score (nSPS) is 15.6. The van der Waals surface area contributed by atoms with E-state index in [0.29, 0.717) is 25.3 Å². The van der Waals surface area contributed by atoms with E-state index in [9.17, 15) is 14.4 Å². The summed E-state index contributed by atoms with van der Waals surface area (Å²) >= 11 is 0. The number of nitrogens with zero attached hydrogens (tertiary/aromatic N) is 2. The molecule has 10 nitrogen and oxygen atoms in total. The highest BCUT2D eigenvalue weighted by Crippen LogP contribution is 2.11. The molecular formula is C29H31N5O5. The third kappa shape index (κ3) is 8.49. The number of ether oxygens (including phenoxy) is 2. The van der Waals surface area contributed by atoms with Gasteiger partial charge < -0.3 is 20.5 Å². The largest absolute Gasteiger partial charge is 0.443 e. The molecule has 3 aromatic carbocycles. The first-order valence-corrected chi connectivity index (χ1v) is 12.6. The van der Waals surface area contributed by atoms with E-state index in [2.05, 4.69) is 15.7 Å². The molecule has 10 heteroatoms. The van der Waals surface area contributed by atoms with E-state index in [1.807, 2.05) is 60.7 Å². The molecule has 0 unspecified atom stereocenters. The van der Waals surface area contributed by atoms with Gasteiger partial charge in [0.25, 0.3) is 5.91 Å². The molecule has 0 saturated carbocycles. The molecule has 3 amide bonds. The van der Waals surface area contributed by atoms with Crippen molar-refractivity contribution in [2.24, 2.45) is 10.7 Å². The Labute approximate surface area is 226 Å². The van der Waals surface area contributed by atoms with Crippen LogP contribution in [-0.4, -0.2) is 48.0 Å². The molecule has 1 aliphatic heterocycles. The highest BCUT2D eigenvalue weighted by Gasteiger charge is 2.31. The predicted octanol–water partition coefficient (Wildman–Crippen LogP) is 2.67. The van der Waals surface area contributed by atoms with Crippen molar-refractivity contribution >= 4 is 23.7 Å². The molecule has 1 heterocycles. The first kappa shape index (κ1) is 27.5. The standard InChI is InChI=1S/C29H31N5O5/c30-27(33-29(37)39-20-23-9-5-2-6-10-23)24-13-11-22(12-14-24)18-31-26(35)17-25-28(36)34(15-16-38-25)32-19-21-7-3-1-4-8-21/h1-14,25,32H,15-20H2,(H,31,35)(H2,30,33,37)/t25-/m0/s1. The highest BCUT2D eigenvalue weighted by atomic mass is 16.5. The topological polar surface area (TPSA) is 135 Å². The van der Waals surface area contributed by atoms with Crippen LogP contribution in [0.25, 0.3) is 0 Å². The van der Waals surface area contributed by atoms with Crippen molar-refractivity contribution in [3.05, 3.63) is 107 Å². The molecule has 0 radical (unpaired) electrons. The van der Waals surface area contributed by atoms with Crippen molar-refractivity contribution in [3.63, 3.8) is 0 Å². The lowest BCUT2D eigenvalue weighted by Gasteiger charge is -2.32. The van der Waals surface area contributed by atoms with Crippen LogP contribution in [0.4, 0.5) is 4.79 Å². The van der Waals surface area contributed by atoms with Crippen molar-refractivity contribution in [1.29, 1.82) is 0 Å². The SMILES string of the molecule is N/C(=N\C(=O)OCc1ccccc1)c1ccc(CNC(=O)C[C@@H]2OCCN(NCc3ccccc3)C2=O)cc1. The number of rotatable bonds is 10. The summed E-state index contributed by atoms with van der Waals surface area (Å²) in [6, 6.07) is 26.0. The van der Waals surface area contributed by atoms with Crippen molar-refractivity contribution in [1.82, 2.24) is 15.8 Å². The summed E-state index contributed by atoms with van der Waals surface area (Å²) in [5, 5.41) is 4.32. The molecule has 0 bridgehead atoms. The summed E-state index contributed by atoms with van der Waals surface area (Å²) in [6.07, 6.45) is -1.70. The van der Waals surface area contributed by atoms with Gasteiger partial charge in [-0.3, -0.25) is 14.6 Å². The molecule has 3 aromatic rings. The van der Waals surface area contributed by atoms with Crippen LogP contribution in [-0.2, 0) is 38.8 Å². The zero-order valence-corrected chi connectivity index (χ0v) is 21.4. The lowest BCUT2D eigenvalue weighted by Crippen LogP contribution is -2.54. The molecule has 4 N–H and O–H groups in total. The molecular weight excluding hydrogens is 498 g/mol. The molecule has 1 aliphatic rings.